The summed E-state index contributed by atoms with van der Waals surface area (Å²) in [5.41, 5.74) is 1.73. The van der Waals surface area contributed by atoms with Crippen LogP contribution in [0.3, 0.4) is 0 Å². The highest BCUT2D eigenvalue weighted by atomic mass is 79.9. The van der Waals surface area contributed by atoms with E-state index >= 15 is 0 Å². The largest absolute Gasteiger partial charge is 0.497 e. The Bertz CT molecular complexity index is 613. The van der Waals surface area contributed by atoms with Crippen molar-refractivity contribution in [2.75, 3.05) is 21.3 Å². The number of hydrogen-bond acceptors (Lipinski definition) is 3. The second-order valence-electron chi connectivity index (χ2n) is 4.53. The average molecular weight is 354 g/mol. The predicted molar refractivity (Wildman–Crippen MR) is 84.5 cm³/mol. The minimum atomic E-state index is -0.285. The normalized spacial score (nSPS) is 12.0. The van der Waals surface area contributed by atoms with Crippen molar-refractivity contribution >= 4 is 15.9 Å². The van der Waals surface area contributed by atoms with Gasteiger partial charge in [0.1, 0.15) is 17.3 Å². The minimum Gasteiger partial charge on any atom is -0.497 e. The van der Waals surface area contributed by atoms with Gasteiger partial charge in [-0.1, -0.05) is 15.9 Å². The highest BCUT2D eigenvalue weighted by Crippen LogP contribution is 2.34. The molecule has 112 valence electrons. The van der Waals surface area contributed by atoms with Gasteiger partial charge in [-0.15, -0.1) is 0 Å². The average Bonchev–Trinajstić information content (AvgIpc) is 2.47. The second-order valence-corrected chi connectivity index (χ2v) is 5.45. The third-order valence-corrected chi connectivity index (χ3v) is 3.72. The molecule has 2 aromatic rings. The number of methoxy groups -OCH3 is 2. The van der Waals surface area contributed by atoms with Gasteiger partial charge in [-0.25, -0.2) is 4.39 Å². The predicted octanol–water partition coefficient (Wildman–Crippen LogP) is 3.91. The van der Waals surface area contributed by atoms with E-state index in [1.54, 1.807) is 14.2 Å². The summed E-state index contributed by atoms with van der Waals surface area (Å²) in [6.45, 7) is 0. The first-order valence-electron chi connectivity index (χ1n) is 6.44. The molecule has 0 radical (unpaired) electrons. The smallest absolute Gasteiger partial charge is 0.127 e. The maximum atomic E-state index is 13.6. The number of halogens is 2. The summed E-state index contributed by atoms with van der Waals surface area (Å²) in [5, 5.41) is 3.19. The molecule has 0 aliphatic carbocycles. The van der Waals surface area contributed by atoms with Gasteiger partial charge < -0.3 is 14.8 Å². The van der Waals surface area contributed by atoms with Crippen molar-refractivity contribution in [3.63, 3.8) is 0 Å². The van der Waals surface area contributed by atoms with E-state index in [9.17, 15) is 4.39 Å². The monoisotopic (exact) mass is 353 g/mol. The molecule has 0 aliphatic heterocycles. The van der Waals surface area contributed by atoms with Crippen molar-refractivity contribution in [1.82, 2.24) is 5.32 Å². The molecule has 2 rings (SSSR count). The van der Waals surface area contributed by atoms with Crippen molar-refractivity contribution < 1.29 is 13.9 Å². The van der Waals surface area contributed by atoms with Crippen LogP contribution in [0.1, 0.15) is 17.2 Å². The Kier molecular flexibility index (Phi) is 5.20. The van der Waals surface area contributed by atoms with Crippen LogP contribution in [0.5, 0.6) is 11.5 Å². The summed E-state index contributed by atoms with van der Waals surface area (Å²) in [7, 11) is 5.04. The molecule has 0 heterocycles. The Morgan fingerprint density at radius 2 is 1.86 bits per heavy atom. The Morgan fingerprint density at radius 1 is 1.10 bits per heavy atom. The molecule has 1 N–H and O–H groups in total. The zero-order valence-corrected chi connectivity index (χ0v) is 13.7. The van der Waals surface area contributed by atoms with Gasteiger partial charge in [0.05, 0.1) is 20.3 Å². The van der Waals surface area contributed by atoms with E-state index in [0.717, 1.165) is 11.1 Å². The number of ether oxygens (including phenoxy) is 2. The molecule has 1 atom stereocenters. The highest BCUT2D eigenvalue weighted by molar-refractivity contribution is 9.10. The third kappa shape index (κ3) is 3.54. The van der Waals surface area contributed by atoms with E-state index in [0.29, 0.717) is 16.0 Å². The molecule has 0 saturated carbocycles. The Balaban J connectivity index is 2.50. The van der Waals surface area contributed by atoms with E-state index in [4.69, 9.17) is 9.47 Å². The van der Waals surface area contributed by atoms with Crippen molar-refractivity contribution in [2.45, 2.75) is 6.04 Å². The first-order valence-corrected chi connectivity index (χ1v) is 7.23. The fourth-order valence-electron chi connectivity index (χ4n) is 2.30. The zero-order valence-electron chi connectivity index (χ0n) is 12.1. The maximum Gasteiger partial charge on any atom is 0.127 e. The molecule has 1 unspecified atom stereocenters. The summed E-state index contributed by atoms with van der Waals surface area (Å²) in [6.07, 6.45) is 0. The number of benzene rings is 2. The molecule has 0 aliphatic rings. The summed E-state index contributed by atoms with van der Waals surface area (Å²) in [4.78, 5) is 0. The number of rotatable bonds is 5. The van der Waals surface area contributed by atoms with Crippen molar-refractivity contribution in [2.24, 2.45) is 0 Å². The van der Waals surface area contributed by atoms with Crippen LogP contribution in [-0.2, 0) is 0 Å². The van der Waals surface area contributed by atoms with E-state index in [1.807, 2.05) is 31.3 Å². The lowest BCUT2D eigenvalue weighted by Gasteiger charge is -2.21. The Labute approximate surface area is 132 Å². The standard InChI is InChI=1S/C16H17BrFNO2/c1-19-16(10-6-11(17)8-12(18)7-10)14-5-4-13(20-2)9-15(14)21-3/h4-9,16,19H,1-3H3. The van der Waals surface area contributed by atoms with E-state index in [2.05, 4.69) is 21.2 Å². The van der Waals surface area contributed by atoms with Crippen LogP contribution in [0.25, 0.3) is 0 Å². The van der Waals surface area contributed by atoms with Crippen LogP contribution in [0, 0.1) is 5.82 Å². The van der Waals surface area contributed by atoms with Gasteiger partial charge >= 0.3 is 0 Å². The second kappa shape index (κ2) is 6.91. The lowest BCUT2D eigenvalue weighted by atomic mass is 9.97. The van der Waals surface area contributed by atoms with E-state index in [-0.39, 0.29) is 11.9 Å². The summed E-state index contributed by atoms with van der Waals surface area (Å²) < 4.78 is 25.0. The molecule has 0 fully saturated rings. The van der Waals surface area contributed by atoms with Gasteiger partial charge in [-0.2, -0.15) is 0 Å². The quantitative estimate of drug-likeness (QED) is 0.883. The fraction of sp³-hybridized carbons (Fsp3) is 0.250. The highest BCUT2D eigenvalue weighted by Gasteiger charge is 2.18. The Hall–Kier alpha value is -1.59. The summed E-state index contributed by atoms with van der Waals surface area (Å²) in [5.74, 6) is 1.12. The van der Waals surface area contributed by atoms with Crippen molar-refractivity contribution in [3.05, 3.63) is 57.8 Å². The first kappa shape index (κ1) is 15.8. The van der Waals surface area contributed by atoms with Crippen LogP contribution in [-0.4, -0.2) is 21.3 Å². The molecule has 0 aromatic heterocycles. The molecular formula is C16H17BrFNO2. The van der Waals surface area contributed by atoms with Gasteiger partial charge in [0.2, 0.25) is 0 Å². The van der Waals surface area contributed by atoms with Gasteiger partial charge in [0.15, 0.2) is 0 Å². The minimum absolute atomic E-state index is 0.183. The molecule has 2 aromatic carbocycles. The Morgan fingerprint density at radius 3 is 2.43 bits per heavy atom. The topological polar surface area (TPSA) is 30.5 Å². The van der Waals surface area contributed by atoms with E-state index in [1.165, 1.54) is 12.1 Å². The molecule has 3 nitrogen and oxygen atoms in total. The van der Waals surface area contributed by atoms with Crippen LogP contribution < -0.4 is 14.8 Å². The van der Waals surface area contributed by atoms with Crippen LogP contribution in [0.2, 0.25) is 0 Å². The summed E-state index contributed by atoms with van der Waals surface area (Å²) in [6, 6.07) is 10.2. The van der Waals surface area contributed by atoms with Crippen LogP contribution in [0.4, 0.5) is 4.39 Å². The van der Waals surface area contributed by atoms with Crippen molar-refractivity contribution in [1.29, 1.82) is 0 Å². The molecular weight excluding hydrogens is 337 g/mol. The molecule has 0 bridgehead atoms. The van der Waals surface area contributed by atoms with Gasteiger partial charge in [-0.3, -0.25) is 0 Å². The molecule has 0 amide bonds. The van der Waals surface area contributed by atoms with Gasteiger partial charge in [0, 0.05) is 16.1 Å². The van der Waals surface area contributed by atoms with Crippen LogP contribution >= 0.6 is 15.9 Å². The van der Waals surface area contributed by atoms with Gasteiger partial charge in [-0.05, 0) is 42.9 Å². The SMILES string of the molecule is CNC(c1cc(F)cc(Br)c1)c1ccc(OC)cc1OC. The molecule has 21 heavy (non-hydrogen) atoms. The van der Waals surface area contributed by atoms with Crippen molar-refractivity contribution in [3.8, 4) is 11.5 Å². The third-order valence-electron chi connectivity index (χ3n) is 3.26. The molecule has 0 spiro atoms. The molecule has 5 heteroatoms. The van der Waals surface area contributed by atoms with E-state index < -0.39 is 0 Å². The summed E-state index contributed by atoms with van der Waals surface area (Å²) >= 11 is 3.32. The lowest BCUT2D eigenvalue weighted by molar-refractivity contribution is 0.388. The maximum absolute atomic E-state index is 13.6. The lowest BCUT2D eigenvalue weighted by Crippen LogP contribution is -2.18. The zero-order chi connectivity index (χ0) is 15.4. The number of hydrogen-bond donors (Lipinski definition) is 1. The number of nitrogens with one attached hydrogen (secondary N) is 1. The van der Waals surface area contributed by atoms with Gasteiger partial charge in [0.25, 0.3) is 0 Å². The molecule has 0 saturated heterocycles. The van der Waals surface area contributed by atoms with Crippen LogP contribution in [0.15, 0.2) is 40.9 Å². The first-order chi connectivity index (χ1) is 10.1. The fourth-order valence-corrected chi connectivity index (χ4v) is 2.78.